The molecule has 1 aliphatic heterocycles. The highest BCUT2D eigenvalue weighted by atomic mass is 16.5. The van der Waals surface area contributed by atoms with Crippen LogP contribution in [0.4, 0.5) is 0 Å². The van der Waals surface area contributed by atoms with Gasteiger partial charge in [-0.05, 0) is 24.1 Å². The Hall–Kier alpha value is -2.45. The van der Waals surface area contributed by atoms with Crippen LogP contribution >= 0.6 is 0 Å². The predicted molar refractivity (Wildman–Crippen MR) is 96.5 cm³/mol. The Balaban J connectivity index is 2.09. The molecule has 0 N–H and O–H groups in total. The van der Waals surface area contributed by atoms with Crippen molar-refractivity contribution in [2.45, 2.75) is 44.4 Å². The fourth-order valence-electron chi connectivity index (χ4n) is 3.69. The minimum atomic E-state index is -0.300. The SMILES string of the molecule is CCCCCCC1(CN=[N+]=[N-])c2ccccc2Oc2ccccc21. The lowest BCUT2D eigenvalue weighted by atomic mass is 9.69. The number of nitrogens with zero attached hydrogens (tertiary/aromatic N) is 3. The summed E-state index contributed by atoms with van der Waals surface area (Å²) in [4.78, 5) is 3.05. The van der Waals surface area contributed by atoms with Gasteiger partial charge in [0.05, 0.1) is 0 Å². The molecule has 3 rings (SSSR count). The number of hydrogen-bond acceptors (Lipinski definition) is 2. The topological polar surface area (TPSA) is 58.0 Å². The van der Waals surface area contributed by atoms with E-state index in [1.807, 2.05) is 36.4 Å². The summed E-state index contributed by atoms with van der Waals surface area (Å²) in [6, 6.07) is 16.3. The monoisotopic (exact) mass is 321 g/mol. The van der Waals surface area contributed by atoms with E-state index in [9.17, 15) is 0 Å². The Morgan fingerprint density at radius 3 is 2.17 bits per heavy atom. The number of benzene rings is 2. The van der Waals surface area contributed by atoms with Crippen LogP contribution in [-0.4, -0.2) is 6.54 Å². The third-order valence-corrected chi connectivity index (χ3v) is 4.89. The van der Waals surface area contributed by atoms with Crippen LogP contribution in [0.25, 0.3) is 10.4 Å². The summed E-state index contributed by atoms with van der Waals surface area (Å²) < 4.78 is 6.11. The summed E-state index contributed by atoms with van der Waals surface area (Å²) in [7, 11) is 0. The van der Waals surface area contributed by atoms with Gasteiger partial charge in [0.2, 0.25) is 0 Å². The summed E-state index contributed by atoms with van der Waals surface area (Å²) in [6.07, 6.45) is 5.71. The van der Waals surface area contributed by atoms with Crippen molar-refractivity contribution < 1.29 is 4.74 Å². The van der Waals surface area contributed by atoms with E-state index in [4.69, 9.17) is 10.3 Å². The summed E-state index contributed by atoms with van der Waals surface area (Å²) in [5, 5.41) is 3.99. The fourth-order valence-corrected chi connectivity index (χ4v) is 3.69. The maximum Gasteiger partial charge on any atom is 0.131 e. The standard InChI is InChI=1S/C20H23N3O/c1-2-3-4-9-14-20(15-22-23-21)16-10-5-7-12-18(16)24-19-13-8-6-11-17(19)20/h5-8,10-13H,2-4,9,14-15H2,1H3. The van der Waals surface area contributed by atoms with Gasteiger partial charge in [0, 0.05) is 28.0 Å². The number of azide groups is 1. The molecule has 0 saturated carbocycles. The van der Waals surface area contributed by atoms with Crippen molar-refractivity contribution in [3.8, 4) is 11.5 Å². The molecule has 0 radical (unpaired) electrons. The second kappa shape index (κ2) is 7.41. The van der Waals surface area contributed by atoms with Crippen LogP contribution in [0.2, 0.25) is 0 Å². The summed E-state index contributed by atoms with van der Waals surface area (Å²) in [5.74, 6) is 1.75. The molecule has 0 fully saturated rings. The molecular formula is C20H23N3O. The maximum atomic E-state index is 8.94. The lowest BCUT2D eigenvalue weighted by Crippen LogP contribution is -2.34. The van der Waals surface area contributed by atoms with Crippen molar-refractivity contribution in [1.29, 1.82) is 0 Å². The van der Waals surface area contributed by atoms with Crippen LogP contribution < -0.4 is 4.74 Å². The highest BCUT2D eigenvalue weighted by molar-refractivity contribution is 5.57. The lowest BCUT2D eigenvalue weighted by Gasteiger charge is -2.39. The van der Waals surface area contributed by atoms with Gasteiger partial charge < -0.3 is 4.74 Å². The second-order valence-corrected chi connectivity index (χ2v) is 6.38. The van der Waals surface area contributed by atoms with Gasteiger partial charge >= 0.3 is 0 Å². The Kier molecular flexibility index (Phi) is 5.07. The van der Waals surface area contributed by atoms with E-state index in [-0.39, 0.29) is 5.41 Å². The third kappa shape index (κ3) is 2.98. The molecule has 0 aromatic heterocycles. The first kappa shape index (κ1) is 16.4. The van der Waals surface area contributed by atoms with Gasteiger partial charge in [-0.3, -0.25) is 0 Å². The Morgan fingerprint density at radius 2 is 1.58 bits per heavy atom. The molecule has 2 aromatic carbocycles. The molecule has 0 saturated heterocycles. The molecule has 0 unspecified atom stereocenters. The van der Waals surface area contributed by atoms with E-state index in [2.05, 4.69) is 29.1 Å². The Bertz CT molecular complexity index is 705. The minimum Gasteiger partial charge on any atom is -0.457 e. The average molecular weight is 321 g/mol. The maximum absolute atomic E-state index is 8.94. The smallest absolute Gasteiger partial charge is 0.131 e. The highest BCUT2D eigenvalue weighted by Crippen LogP contribution is 2.50. The molecule has 0 spiro atoms. The van der Waals surface area contributed by atoms with Gasteiger partial charge in [-0.15, -0.1) is 0 Å². The first-order chi connectivity index (χ1) is 11.8. The lowest BCUT2D eigenvalue weighted by molar-refractivity contribution is 0.369. The molecular weight excluding hydrogens is 298 g/mol. The predicted octanol–water partition coefficient (Wildman–Crippen LogP) is 6.36. The van der Waals surface area contributed by atoms with Gasteiger partial charge in [0.15, 0.2) is 0 Å². The average Bonchev–Trinajstić information content (AvgIpc) is 2.63. The number of unbranched alkanes of at least 4 members (excludes halogenated alkanes) is 3. The number of para-hydroxylation sites is 2. The van der Waals surface area contributed by atoms with E-state index in [0.717, 1.165) is 35.5 Å². The second-order valence-electron chi connectivity index (χ2n) is 6.38. The minimum absolute atomic E-state index is 0.300. The van der Waals surface area contributed by atoms with Gasteiger partial charge in [-0.25, -0.2) is 0 Å². The summed E-state index contributed by atoms with van der Waals surface area (Å²) >= 11 is 0. The van der Waals surface area contributed by atoms with Crippen molar-refractivity contribution in [3.63, 3.8) is 0 Å². The molecule has 0 bridgehead atoms. The van der Waals surface area contributed by atoms with Crippen molar-refractivity contribution in [3.05, 3.63) is 70.1 Å². The highest BCUT2D eigenvalue weighted by Gasteiger charge is 2.40. The molecule has 124 valence electrons. The molecule has 24 heavy (non-hydrogen) atoms. The van der Waals surface area contributed by atoms with Crippen LogP contribution in [0.1, 0.15) is 50.2 Å². The third-order valence-electron chi connectivity index (χ3n) is 4.89. The quantitative estimate of drug-likeness (QED) is 0.253. The van der Waals surface area contributed by atoms with Gasteiger partial charge in [0.1, 0.15) is 11.5 Å². The molecule has 4 heteroatoms. The van der Waals surface area contributed by atoms with Crippen LogP contribution in [0.15, 0.2) is 53.6 Å². The first-order valence-corrected chi connectivity index (χ1v) is 8.69. The van der Waals surface area contributed by atoms with Crippen LogP contribution in [0.5, 0.6) is 11.5 Å². The van der Waals surface area contributed by atoms with Crippen molar-refractivity contribution in [2.75, 3.05) is 6.54 Å². The number of hydrogen-bond donors (Lipinski definition) is 0. The van der Waals surface area contributed by atoms with E-state index < -0.39 is 0 Å². The number of fused-ring (bicyclic) bond motifs is 2. The molecule has 0 atom stereocenters. The van der Waals surface area contributed by atoms with Crippen LogP contribution in [0.3, 0.4) is 0 Å². The fraction of sp³-hybridized carbons (Fsp3) is 0.400. The van der Waals surface area contributed by atoms with Gasteiger partial charge in [0.25, 0.3) is 0 Å². The zero-order valence-corrected chi connectivity index (χ0v) is 14.1. The van der Waals surface area contributed by atoms with E-state index in [0.29, 0.717) is 6.54 Å². The van der Waals surface area contributed by atoms with Crippen molar-refractivity contribution >= 4 is 0 Å². The normalized spacial score (nSPS) is 14.0. The van der Waals surface area contributed by atoms with Crippen molar-refractivity contribution in [2.24, 2.45) is 5.11 Å². The molecule has 2 aromatic rings. The summed E-state index contributed by atoms with van der Waals surface area (Å²) in [6.45, 7) is 2.64. The largest absolute Gasteiger partial charge is 0.457 e. The van der Waals surface area contributed by atoms with Crippen LogP contribution in [0, 0.1) is 0 Å². The molecule has 4 nitrogen and oxygen atoms in total. The van der Waals surface area contributed by atoms with Gasteiger partial charge in [-0.1, -0.05) is 74.1 Å². The Morgan fingerprint density at radius 1 is 0.958 bits per heavy atom. The number of ether oxygens (including phenoxy) is 1. The van der Waals surface area contributed by atoms with E-state index >= 15 is 0 Å². The van der Waals surface area contributed by atoms with E-state index in [1.165, 1.54) is 19.3 Å². The molecule has 1 heterocycles. The molecule has 1 aliphatic rings. The van der Waals surface area contributed by atoms with Gasteiger partial charge in [-0.2, -0.15) is 0 Å². The zero-order valence-electron chi connectivity index (χ0n) is 14.1. The molecule has 0 amide bonds. The first-order valence-electron chi connectivity index (χ1n) is 8.69. The zero-order chi connectivity index (χ0) is 16.8. The van der Waals surface area contributed by atoms with Crippen molar-refractivity contribution in [1.82, 2.24) is 0 Å². The van der Waals surface area contributed by atoms with Crippen LogP contribution in [-0.2, 0) is 5.41 Å². The molecule has 0 aliphatic carbocycles. The Labute approximate surface area is 143 Å². The summed E-state index contributed by atoms with van der Waals surface area (Å²) in [5.41, 5.74) is 10.9. The number of rotatable bonds is 7. The van der Waals surface area contributed by atoms with E-state index in [1.54, 1.807) is 0 Å².